The van der Waals surface area contributed by atoms with E-state index in [4.69, 9.17) is 14.2 Å². The van der Waals surface area contributed by atoms with Crippen LogP contribution in [0.1, 0.15) is 30.6 Å². The van der Waals surface area contributed by atoms with Crippen LogP contribution in [0.25, 0.3) is 0 Å². The van der Waals surface area contributed by atoms with Gasteiger partial charge in [-0.05, 0) is 38.1 Å². The van der Waals surface area contributed by atoms with Crippen molar-refractivity contribution in [2.24, 2.45) is 0 Å². The summed E-state index contributed by atoms with van der Waals surface area (Å²) in [7, 11) is 0. The molecule has 0 bridgehead atoms. The number of carbonyl (C=O) groups excluding carboxylic acids is 1. The zero-order valence-corrected chi connectivity index (χ0v) is 15.1. The first-order valence-corrected chi connectivity index (χ1v) is 8.84. The lowest BCUT2D eigenvalue weighted by Crippen LogP contribution is -2.31. The van der Waals surface area contributed by atoms with E-state index in [0.29, 0.717) is 49.2 Å². The molecule has 0 spiro atoms. The number of benzene rings is 1. The molecule has 1 atom stereocenters. The summed E-state index contributed by atoms with van der Waals surface area (Å²) in [5.41, 5.74) is 0.581. The molecule has 138 valence electrons. The second-order valence-corrected chi connectivity index (χ2v) is 5.87. The van der Waals surface area contributed by atoms with Crippen LogP contribution in [0, 0.1) is 0 Å². The van der Waals surface area contributed by atoms with Gasteiger partial charge in [0.05, 0.1) is 19.8 Å². The van der Waals surface area contributed by atoms with Crippen LogP contribution in [0.15, 0.2) is 36.5 Å². The van der Waals surface area contributed by atoms with Gasteiger partial charge in [-0.2, -0.15) is 5.10 Å². The largest absolute Gasteiger partial charge is 0.490 e. The molecule has 0 aliphatic carbocycles. The third kappa shape index (κ3) is 4.22. The van der Waals surface area contributed by atoms with Crippen LogP contribution in [-0.2, 0) is 0 Å². The molecular formula is C19H23N3O4. The van der Waals surface area contributed by atoms with E-state index in [9.17, 15) is 4.79 Å². The highest BCUT2D eigenvalue weighted by atomic mass is 16.5. The normalized spacial score (nSPS) is 16.4. The summed E-state index contributed by atoms with van der Waals surface area (Å²) in [4.78, 5) is 14.6. The fourth-order valence-corrected chi connectivity index (χ4v) is 2.90. The van der Waals surface area contributed by atoms with Crippen LogP contribution in [0.2, 0.25) is 0 Å². The van der Waals surface area contributed by atoms with Crippen molar-refractivity contribution in [1.82, 2.24) is 15.1 Å². The maximum absolute atomic E-state index is 12.8. The molecule has 3 rings (SSSR count). The van der Waals surface area contributed by atoms with Gasteiger partial charge in [-0.3, -0.25) is 4.79 Å². The van der Waals surface area contributed by atoms with Crippen LogP contribution in [0.3, 0.4) is 0 Å². The molecule has 1 aliphatic rings. The van der Waals surface area contributed by atoms with Crippen molar-refractivity contribution in [2.75, 3.05) is 26.3 Å². The second kappa shape index (κ2) is 8.51. The van der Waals surface area contributed by atoms with E-state index >= 15 is 0 Å². The van der Waals surface area contributed by atoms with Gasteiger partial charge in [0.1, 0.15) is 6.10 Å². The van der Waals surface area contributed by atoms with Gasteiger partial charge in [-0.15, -0.1) is 5.10 Å². The Bertz CT molecular complexity index is 739. The molecule has 1 aromatic carbocycles. The predicted octanol–water partition coefficient (Wildman–Crippen LogP) is 2.57. The van der Waals surface area contributed by atoms with Gasteiger partial charge in [0, 0.05) is 30.8 Å². The molecule has 0 N–H and O–H groups in total. The van der Waals surface area contributed by atoms with E-state index in [2.05, 4.69) is 10.2 Å². The number of likely N-dealkylation sites (tertiary alicyclic amines) is 1. The fraction of sp³-hybridized carbons (Fsp3) is 0.421. The minimum absolute atomic E-state index is 0.0424. The first-order chi connectivity index (χ1) is 12.7. The van der Waals surface area contributed by atoms with E-state index in [-0.39, 0.29) is 12.0 Å². The number of ether oxygens (including phenoxy) is 3. The molecule has 1 aliphatic heterocycles. The Balaban J connectivity index is 1.66. The van der Waals surface area contributed by atoms with Gasteiger partial charge in [-0.25, -0.2) is 0 Å². The molecule has 0 saturated carbocycles. The number of hydrogen-bond acceptors (Lipinski definition) is 6. The summed E-state index contributed by atoms with van der Waals surface area (Å²) < 4.78 is 17.0. The number of hydrogen-bond donors (Lipinski definition) is 0. The minimum atomic E-state index is -0.0790. The SMILES string of the molecule is CCOc1ccc(C(=O)N2CCC(Oc3cccnn3)C2)cc1OCC. The highest BCUT2D eigenvalue weighted by Crippen LogP contribution is 2.29. The summed E-state index contributed by atoms with van der Waals surface area (Å²) in [6.07, 6.45) is 2.28. The van der Waals surface area contributed by atoms with Gasteiger partial charge in [0.25, 0.3) is 5.91 Å². The molecular weight excluding hydrogens is 334 g/mol. The lowest BCUT2D eigenvalue weighted by atomic mass is 10.1. The van der Waals surface area contributed by atoms with Crippen molar-refractivity contribution in [3.05, 3.63) is 42.1 Å². The Labute approximate surface area is 152 Å². The Hall–Kier alpha value is -2.83. The lowest BCUT2D eigenvalue weighted by molar-refractivity contribution is 0.0770. The third-order valence-electron chi connectivity index (χ3n) is 4.06. The smallest absolute Gasteiger partial charge is 0.254 e. The van der Waals surface area contributed by atoms with E-state index in [0.717, 1.165) is 6.42 Å². The average molecular weight is 357 g/mol. The maximum Gasteiger partial charge on any atom is 0.254 e. The molecule has 7 heteroatoms. The zero-order valence-electron chi connectivity index (χ0n) is 15.1. The van der Waals surface area contributed by atoms with Crippen molar-refractivity contribution in [3.63, 3.8) is 0 Å². The van der Waals surface area contributed by atoms with Gasteiger partial charge < -0.3 is 19.1 Å². The van der Waals surface area contributed by atoms with Gasteiger partial charge in [0.15, 0.2) is 11.5 Å². The Kier molecular flexibility index (Phi) is 5.88. The summed E-state index contributed by atoms with van der Waals surface area (Å²) in [6.45, 7) is 6.03. The number of carbonyl (C=O) groups is 1. The maximum atomic E-state index is 12.8. The van der Waals surface area contributed by atoms with E-state index in [1.807, 2.05) is 13.8 Å². The van der Waals surface area contributed by atoms with Gasteiger partial charge in [0.2, 0.25) is 5.88 Å². The first kappa shape index (κ1) is 18.0. The lowest BCUT2D eigenvalue weighted by Gasteiger charge is -2.18. The van der Waals surface area contributed by atoms with Crippen LogP contribution in [-0.4, -0.2) is 53.4 Å². The molecule has 2 heterocycles. The molecule has 1 amide bonds. The van der Waals surface area contributed by atoms with Gasteiger partial charge in [-0.1, -0.05) is 0 Å². The van der Waals surface area contributed by atoms with Crippen LogP contribution < -0.4 is 14.2 Å². The molecule has 26 heavy (non-hydrogen) atoms. The quantitative estimate of drug-likeness (QED) is 0.758. The van der Waals surface area contributed by atoms with Gasteiger partial charge >= 0.3 is 0 Å². The Morgan fingerprint density at radius 1 is 1.19 bits per heavy atom. The molecule has 7 nitrogen and oxygen atoms in total. The zero-order chi connectivity index (χ0) is 18.4. The highest BCUT2D eigenvalue weighted by Gasteiger charge is 2.29. The monoisotopic (exact) mass is 357 g/mol. The first-order valence-electron chi connectivity index (χ1n) is 8.84. The van der Waals surface area contributed by atoms with Crippen molar-refractivity contribution in [3.8, 4) is 17.4 Å². The number of amides is 1. The summed E-state index contributed by atoms with van der Waals surface area (Å²) >= 11 is 0. The topological polar surface area (TPSA) is 73.8 Å². The molecule has 2 aromatic rings. The molecule has 1 unspecified atom stereocenters. The number of rotatable bonds is 7. The molecule has 1 aromatic heterocycles. The molecule has 1 saturated heterocycles. The van der Waals surface area contributed by atoms with E-state index in [1.54, 1.807) is 41.4 Å². The van der Waals surface area contributed by atoms with Crippen molar-refractivity contribution < 1.29 is 19.0 Å². The summed E-state index contributed by atoms with van der Waals surface area (Å²) in [6, 6.07) is 8.83. The Morgan fingerprint density at radius 2 is 2.00 bits per heavy atom. The van der Waals surface area contributed by atoms with Crippen LogP contribution in [0.5, 0.6) is 17.4 Å². The van der Waals surface area contributed by atoms with E-state index < -0.39 is 0 Å². The predicted molar refractivity (Wildman–Crippen MR) is 95.7 cm³/mol. The number of nitrogens with zero attached hydrogens (tertiary/aromatic N) is 3. The third-order valence-corrected chi connectivity index (χ3v) is 4.06. The Morgan fingerprint density at radius 3 is 2.73 bits per heavy atom. The van der Waals surface area contributed by atoms with Crippen molar-refractivity contribution >= 4 is 5.91 Å². The van der Waals surface area contributed by atoms with Crippen LogP contribution >= 0.6 is 0 Å². The minimum Gasteiger partial charge on any atom is -0.490 e. The summed E-state index contributed by atoms with van der Waals surface area (Å²) in [5.74, 6) is 1.67. The standard InChI is InChI=1S/C19H23N3O4/c1-3-24-16-8-7-14(12-17(16)25-4-2)19(23)22-11-9-15(13-22)26-18-6-5-10-20-21-18/h5-8,10,12,15H,3-4,9,11,13H2,1-2H3. The van der Waals surface area contributed by atoms with E-state index in [1.165, 1.54) is 0 Å². The molecule has 1 fully saturated rings. The molecule has 0 radical (unpaired) electrons. The number of aromatic nitrogens is 2. The fourth-order valence-electron chi connectivity index (χ4n) is 2.90. The average Bonchev–Trinajstić information content (AvgIpc) is 3.12. The van der Waals surface area contributed by atoms with Crippen LogP contribution in [0.4, 0.5) is 0 Å². The highest BCUT2D eigenvalue weighted by molar-refractivity contribution is 5.95. The van der Waals surface area contributed by atoms with Crippen molar-refractivity contribution in [2.45, 2.75) is 26.4 Å². The summed E-state index contributed by atoms with van der Waals surface area (Å²) in [5, 5.41) is 7.72. The second-order valence-electron chi connectivity index (χ2n) is 5.87. The van der Waals surface area contributed by atoms with Crippen molar-refractivity contribution in [1.29, 1.82) is 0 Å².